The Morgan fingerprint density at radius 2 is 0.778 bits per heavy atom. The van der Waals surface area contributed by atoms with Gasteiger partial charge in [-0.15, -0.1) is 0 Å². The fourth-order valence-corrected chi connectivity index (χ4v) is 1.42. The van der Waals surface area contributed by atoms with Gasteiger partial charge in [-0.1, -0.05) is 60.4 Å². The largest absolute Gasteiger partial charge is 0.0773 e. The van der Waals surface area contributed by atoms with E-state index in [9.17, 15) is 0 Å². The number of rotatable bonds is 0. The first-order valence-electron chi connectivity index (χ1n) is 5.66. The highest BCUT2D eigenvalue weighted by Crippen LogP contribution is 2.06. The van der Waals surface area contributed by atoms with E-state index in [2.05, 4.69) is 47.4 Å². The molecule has 0 aromatic heterocycles. The van der Waals surface area contributed by atoms with E-state index in [1.165, 1.54) is 0 Å². The smallest absolute Gasteiger partial charge is 0.0579 e. The normalized spacial score (nSPS) is 14.9. The van der Waals surface area contributed by atoms with Crippen LogP contribution in [0.4, 0.5) is 0 Å². The third-order valence-corrected chi connectivity index (χ3v) is 2.29. The molecular formula is C18H10. The number of hydrogen-bond acceptors (Lipinski definition) is 0. The van der Waals surface area contributed by atoms with Crippen LogP contribution in [0.1, 0.15) is 0 Å². The van der Waals surface area contributed by atoms with Gasteiger partial charge in [0.2, 0.25) is 0 Å². The lowest BCUT2D eigenvalue weighted by Crippen LogP contribution is -1.79. The van der Waals surface area contributed by atoms with Crippen LogP contribution in [0, 0.1) is 59.2 Å². The van der Waals surface area contributed by atoms with E-state index in [1.54, 1.807) is 0 Å². The molecule has 0 fully saturated rings. The zero-order valence-electron chi connectivity index (χ0n) is 9.77. The third-order valence-electron chi connectivity index (χ3n) is 2.29. The Morgan fingerprint density at radius 1 is 0.444 bits per heavy atom. The zero-order valence-corrected chi connectivity index (χ0v) is 9.77. The fraction of sp³-hybridized carbons (Fsp3) is 0.111. The van der Waals surface area contributed by atoms with E-state index in [0.717, 1.165) is 0 Å². The van der Waals surface area contributed by atoms with Crippen molar-refractivity contribution in [2.75, 3.05) is 0 Å². The van der Waals surface area contributed by atoms with E-state index in [1.807, 2.05) is 48.6 Å². The average molecular weight is 226 g/mol. The second-order valence-electron chi connectivity index (χ2n) is 3.63. The summed E-state index contributed by atoms with van der Waals surface area (Å²) in [6, 6.07) is 0. The van der Waals surface area contributed by atoms with Gasteiger partial charge in [-0.25, -0.2) is 0 Å². The Balaban J connectivity index is 1.81. The van der Waals surface area contributed by atoms with Crippen LogP contribution < -0.4 is 0 Å². The van der Waals surface area contributed by atoms with E-state index in [0.29, 0.717) is 0 Å². The summed E-state index contributed by atoms with van der Waals surface area (Å²) in [5.74, 6) is 22.7. The van der Waals surface area contributed by atoms with E-state index in [-0.39, 0.29) is 11.8 Å². The zero-order chi connectivity index (χ0) is 12.5. The van der Waals surface area contributed by atoms with Crippen molar-refractivity contribution in [3.63, 3.8) is 0 Å². The Bertz CT molecular complexity index is 579. The summed E-state index contributed by atoms with van der Waals surface area (Å²) in [5, 5.41) is 0. The van der Waals surface area contributed by atoms with Gasteiger partial charge >= 0.3 is 0 Å². The molecule has 2 aliphatic carbocycles. The van der Waals surface area contributed by atoms with E-state index < -0.39 is 0 Å². The van der Waals surface area contributed by atoms with Gasteiger partial charge in [0.1, 0.15) is 0 Å². The summed E-state index contributed by atoms with van der Waals surface area (Å²) in [4.78, 5) is 0. The molecule has 2 rings (SSSR count). The lowest BCUT2D eigenvalue weighted by atomic mass is 10.2. The monoisotopic (exact) mass is 226 g/mol. The fourth-order valence-electron chi connectivity index (χ4n) is 1.42. The second kappa shape index (κ2) is 6.71. The summed E-state index contributed by atoms with van der Waals surface area (Å²) in [6.45, 7) is 0. The molecule has 0 aromatic rings. The number of allylic oxidation sites excluding steroid dienone is 8. The SMILES string of the molecule is C(C#CC#CC1C=CC=C1)#CC#CC1C=CC=C1. The molecule has 0 heterocycles. The maximum absolute atomic E-state index is 3.00. The van der Waals surface area contributed by atoms with Gasteiger partial charge in [0.15, 0.2) is 0 Å². The first-order chi connectivity index (χ1) is 8.95. The molecule has 0 N–H and O–H groups in total. The molecule has 0 radical (unpaired) electrons. The Kier molecular flexibility index (Phi) is 4.35. The van der Waals surface area contributed by atoms with Crippen LogP contribution in [0.2, 0.25) is 0 Å². The highest BCUT2D eigenvalue weighted by molar-refractivity contribution is 5.42. The van der Waals surface area contributed by atoms with Crippen LogP contribution in [0.15, 0.2) is 48.6 Å². The standard InChI is InChI=1S/C18H10/c1(3-5-11-17-13-7-8-14-17)2-4-6-12-18-15-9-10-16-18/h7-10,13-18H. The third kappa shape index (κ3) is 3.99. The van der Waals surface area contributed by atoms with Crippen LogP contribution in [0.25, 0.3) is 0 Å². The summed E-state index contributed by atoms with van der Waals surface area (Å²) >= 11 is 0. The van der Waals surface area contributed by atoms with Gasteiger partial charge in [-0.05, 0) is 35.5 Å². The average Bonchev–Trinajstić information content (AvgIpc) is 3.05. The molecule has 0 aromatic carbocycles. The predicted molar refractivity (Wildman–Crippen MR) is 74.6 cm³/mol. The van der Waals surface area contributed by atoms with Crippen molar-refractivity contribution in [1.29, 1.82) is 0 Å². The molecule has 18 heavy (non-hydrogen) atoms. The van der Waals surface area contributed by atoms with Crippen LogP contribution in [0.3, 0.4) is 0 Å². The first-order valence-corrected chi connectivity index (χ1v) is 5.66. The predicted octanol–water partition coefficient (Wildman–Crippen LogP) is 2.48. The molecule has 0 aliphatic heterocycles. The lowest BCUT2D eigenvalue weighted by Gasteiger charge is -1.85. The highest BCUT2D eigenvalue weighted by atomic mass is 14.0. The Labute approximate surface area is 108 Å². The van der Waals surface area contributed by atoms with Gasteiger partial charge < -0.3 is 0 Å². The van der Waals surface area contributed by atoms with Gasteiger partial charge in [0, 0.05) is 0 Å². The van der Waals surface area contributed by atoms with Crippen molar-refractivity contribution in [3.8, 4) is 47.4 Å². The molecule has 0 spiro atoms. The first kappa shape index (κ1) is 11.7. The van der Waals surface area contributed by atoms with Gasteiger partial charge in [0.05, 0.1) is 11.8 Å². The van der Waals surface area contributed by atoms with Crippen molar-refractivity contribution >= 4 is 0 Å². The summed E-state index contributed by atoms with van der Waals surface area (Å²) in [6.07, 6.45) is 16.0. The topological polar surface area (TPSA) is 0 Å². The van der Waals surface area contributed by atoms with Crippen molar-refractivity contribution < 1.29 is 0 Å². The van der Waals surface area contributed by atoms with Crippen LogP contribution >= 0.6 is 0 Å². The number of hydrogen-bond donors (Lipinski definition) is 0. The summed E-state index contributed by atoms with van der Waals surface area (Å²) in [5.41, 5.74) is 0. The summed E-state index contributed by atoms with van der Waals surface area (Å²) < 4.78 is 0. The lowest BCUT2D eigenvalue weighted by molar-refractivity contribution is 1.15. The minimum Gasteiger partial charge on any atom is -0.0773 e. The van der Waals surface area contributed by atoms with Gasteiger partial charge in [0.25, 0.3) is 0 Å². The van der Waals surface area contributed by atoms with E-state index >= 15 is 0 Å². The van der Waals surface area contributed by atoms with Gasteiger partial charge in [-0.3, -0.25) is 0 Å². The maximum atomic E-state index is 3.00. The summed E-state index contributed by atoms with van der Waals surface area (Å²) in [7, 11) is 0. The van der Waals surface area contributed by atoms with Gasteiger partial charge in [-0.2, -0.15) is 0 Å². The molecule has 82 valence electrons. The molecule has 0 nitrogen and oxygen atoms in total. The van der Waals surface area contributed by atoms with Crippen molar-refractivity contribution in [2.45, 2.75) is 0 Å². The van der Waals surface area contributed by atoms with Crippen molar-refractivity contribution in [1.82, 2.24) is 0 Å². The Hall–Kier alpha value is -2.80. The van der Waals surface area contributed by atoms with Crippen molar-refractivity contribution in [2.24, 2.45) is 11.8 Å². The molecule has 0 bridgehead atoms. The van der Waals surface area contributed by atoms with E-state index in [4.69, 9.17) is 0 Å². The minimum atomic E-state index is 0.202. The second-order valence-corrected chi connectivity index (χ2v) is 3.63. The minimum absolute atomic E-state index is 0.202. The molecule has 0 saturated carbocycles. The molecule has 0 atom stereocenters. The van der Waals surface area contributed by atoms with Crippen LogP contribution in [-0.4, -0.2) is 0 Å². The molecule has 0 heteroatoms. The maximum Gasteiger partial charge on any atom is 0.0579 e. The molecule has 0 amide bonds. The molecule has 2 aliphatic rings. The molecule has 0 unspecified atom stereocenters. The quantitative estimate of drug-likeness (QED) is 0.557. The molecular weight excluding hydrogens is 216 g/mol. The van der Waals surface area contributed by atoms with Crippen LogP contribution in [0.5, 0.6) is 0 Å². The Morgan fingerprint density at radius 3 is 1.17 bits per heavy atom. The molecule has 0 saturated heterocycles. The van der Waals surface area contributed by atoms with Crippen LogP contribution in [-0.2, 0) is 0 Å². The highest BCUT2D eigenvalue weighted by Gasteiger charge is 1.95. The van der Waals surface area contributed by atoms with Crippen molar-refractivity contribution in [3.05, 3.63) is 48.6 Å².